The number of benzene rings is 1. The summed E-state index contributed by atoms with van der Waals surface area (Å²) in [5.41, 5.74) is 5.43. The van der Waals surface area contributed by atoms with Gasteiger partial charge in [-0.25, -0.2) is 4.98 Å². The SMILES string of the molecule is Cc1cccc2c(CN3CCc4c(nc(C(C)(C)C)[nH]c4=O)C3)c[nH]c12. The van der Waals surface area contributed by atoms with Gasteiger partial charge in [-0.15, -0.1) is 0 Å². The zero-order valence-electron chi connectivity index (χ0n) is 15.9. The van der Waals surface area contributed by atoms with E-state index in [0.29, 0.717) is 0 Å². The average molecular weight is 350 g/mol. The van der Waals surface area contributed by atoms with Gasteiger partial charge in [0, 0.05) is 47.7 Å². The van der Waals surface area contributed by atoms with Crippen LogP contribution in [0.5, 0.6) is 0 Å². The van der Waals surface area contributed by atoms with Gasteiger partial charge in [0.25, 0.3) is 5.56 Å². The van der Waals surface area contributed by atoms with E-state index in [4.69, 9.17) is 4.98 Å². The van der Waals surface area contributed by atoms with E-state index < -0.39 is 0 Å². The zero-order chi connectivity index (χ0) is 18.5. The van der Waals surface area contributed by atoms with Gasteiger partial charge in [-0.3, -0.25) is 9.69 Å². The van der Waals surface area contributed by atoms with Crippen LogP contribution in [0, 0.1) is 6.92 Å². The van der Waals surface area contributed by atoms with Crippen molar-refractivity contribution < 1.29 is 0 Å². The number of aromatic amines is 2. The highest BCUT2D eigenvalue weighted by atomic mass is 16.1. The lowest BCUT2D eigenvalue weighted by atomic mass is 9.95. The minimum absolute atomic E-state index is 0.0299. The van der Waals surface area contributed by atoms with Crippen molar-refractivity contribution in [1.29, 1.82) is 0 Å². The quantitative estimate of drug-likeness (QED) is 0.744. The van der Waals surface area contributed by atoms with Crippen LogP contribution in [0.1, 0.15) is 49.0 Å². The van der Waals surface area contributed by atoms with E-state index in [1.54, 1.807) is 0 Å². The monoisotopic (exact) mass is 350 g/mol. The minimum Gasteiger partial charge on any atom is -0.361 e. The van der Waals surface area contributed by atoms with Crippen molar-refractivity contribution in [1.82, 2.24) is 19.9 Å². The lowest BCUT2D eigenvalue weighted by molar-refractivity contribution is 0.240. The zero-order valence-corrected chi connectivity index (χ0v) is 15.9. The maximum Gasteiger partial charge on any atom is 0.254 e. The molecule has 2 N–H and O–H groups in total. The second-order valence-corrected chi connectivity index (χ2v) is 8.36. The Kier molecular flexibility index (Phi) is 3.99. The number of para-hydroxylation sites is 1. The molecule has 0 saturated carbocycles. The molecule has 1 aliphatic heterocycles. The summed E-state index contributed by atoms with van der Waals surface area (Å²) in [6.07, 6.45) is 2.86. The van der Waals surface area contributed by atoms with Gasteiger partial charge in [-0.1, -0.05) is 39.0 Å². The van der Waals surface area contributed by atoms with Gasteiger partial charge in [0.05, 0.1) is 5.69 Å². The van der Waals surface area contributed by atoms with Gasteiger partial charge < -0.3 is 9.97 Å². The first kappa shape index (κ1) is 17.0. The summed E-state index contributed by atoms with van der Waals surface area (Å²) in [6, 6.07) is 6.41. The van der Waals surface area contributed by atoms with Crippen molar-refractivity contribution in [2.24, 2.45) is 0 Å². The molecule has 0 aliphatic carbocycles. The highest BCUT2D eigenvalue weighted by Gasteiger charge is 2.25. The summed E-state index contributed by atoms with van der Waals surface area (Å²) in [4.78, 5) is 26.0. The third kappa shape index (κ3) is 2.97. The lowest BCUT2D eigenvalue weighted by Crippen LogP contribution is -2.36. The van der Waals surface area contributed by atoms with E-state index in [1.165, 1.54) is 22.0 Å². The summed E-state index contributed by atoms with van der Waals surface area (Å²) in [5, 5.41) is 1.28. The van der Waals surface area contributed by atoms with Crippen molar-refractivity contribution in [3.8, 4) is 0 Å². The van der Waals surface area contributed by atoms with Crippen molar-refractivity contribution in [3.05, 3.63) is 63.0 Å². The molecule has 3 heterocycles. The normalized spacial score (nSPS) is 15.4. The van der Waals surface area contributed by atoms with Crippen molar-refractivity contribution in [2.75, 3.05) is 6.54 Å². The first-order valence-electron chi connectivity index (χ1n) is 9.23. The molecular formula is C21H26N4O. The minimum atomic E-state index is -0.162. The number of hydrogen-bond donors (Lipinski definition) is 2. The Morgan fingerprint density at radius 3 is 2.85 bits per heavy atom. The summed E-state index contributed by atoms with van der Waals surface area (Å²) in [7, 11) is 0. The molecule has 0 bridgehead atoms. The Morgan fingerprint density at radius 2 is 2.08 bits per heavy atom. The van der Waals surface area contributed by atoms with Crippen LogP contribution in [0.25, 0.3) is 10.9 Å². The Labute approximate surface area is 153 Å². The Morgan fingerprint density at radius 1 is 1.27 bits per heavy atom. The summed E-state index contributed by atoms with van der Waals surface area (Å²) >= 11 is 0. The number of nitrogens with one attached hydrogen (secondary N) is 2. The van der Waals surface area contributed by atoms with E-state index in [-0.39, 0.29) is 11.0 Å². The number of aromatic nitrogens is 3. The van der Waals surface area contributed by atoms with Gasteiger partial charge in [0.1, 0.15) is 5.82 Å². The van der Waals surface area contributed by atoms with Crippen LogP contribution in [0.4, 0.5) is 0 Å². The molecule has 0 radical (unpaired) electrons. The maximum atomic E-state index is 12.4. The predicted molar refractivity (Wildman–Crippen MR) is 104 cm³/mol. The maximum absolute atomic E-state index is 12.4. The van der Waals surface area contributed by atoms with Crippen LogP contribution < -0.4 is 5.56 Å². The molecule has 0 amide bonds. The molecule has 0 spiro atoms. The second-order valence-electron chi connectivity index (χ2n) is 8.36. The highest BCUT2D eigenvalue weighted by molar-refractivity contribution is 5.85. The molecule has 5 nitrogen and oxygen atoms in total. The molecule has 2 aromatic heterocycles. The molecule has 1 aliphatic rings. The van der Waals surface area contributed by atoms with Gasteiger partial charge in [0.2, 0.25) is 0 Å². The molecule has 0 saturated heterocycles. The molecule has 26 heavy (non-hydrogen) atoms. The molecular weight excluding hydrogens is 324 g/mol. The summed E-state index contributed by atoms with van der Waals surface area (Å²) in [5.74, 6) is 0.769. The Balaban J connectivity index is 1.63. The van der Waals surface area contributed by atoms with Crippen LogP contribution in [-0.2, 0) is 24.9 Å². The molecule has 0 fully saturated rings. The Hall–Kier alpha value is -2.40. The molecule has 3 aromatic rings. The lowest BCUT2D eigenvalue weighted by Gasteiger charge is -2.28. The van der Waals surface area contributed by atoms with Crippen LogP contribution in [0.3, 0.4) is 0 Å². The van der Waals surface area contributed by atoms with Crippen molar-refractivity contribution in [3.63, 3.8) is 0 Å². The highest BCUT2D eigenvalue weighted by Crippen LogP contribution is 2.25. The fraction of sp³-hybridized carbons (Fsp3) is 0.429. The number of fused-ring (bicyclic) bond motifs is 2. The summed E-state index contributed by atoms with van der Waals surface area (Å²) in [6.45, 7) is 10.8. The fourth-order valence-electron chi connectivity index (χ4n) is 3.72. The molecule has 0 atom stereocenters. The average Bonchev–Trinajstić information content (AvgIpc) is 2.98. The summed E-state index contributed by atoms with van der Waals surface area (Å²) < 4.78 is 0. The first-order chi connectivity index (χ1) is 12.3. The standard InChI is InChI=1S/C21H26N4O/c1-13-6-5-7-15-14(10-22-18(13)15)11-25-9-8-16-17(12-25)23-20(21(2,3)4)24-19(16)26/h5-7,10,22H,8-9,11-12H2,1-4H3,(H,23,24,26). The molecule has 5 heteroatoms. The van der Waals surface area contributed by atoms with Crippen LogP contribution >= 0.6 is 0 Å². The van der Waals surface area contributed by atoms with Crippen molar-refractivity contribution >= 4 is 10.9 Å². The van der Waals surface area contributed by atoms with Crippen LogP contribution in [-0.4, -0.2) is 26.4 Å². The van der Waals surface area contributed by atoms with Gasteiger partial charge in [-0.2, -0.15) is 0 Å². The Bertz CT molecular complexity index is 1020. The van der Waals surface area contributed by atoms with E-state index in [2.05, 4.69) is 67.0 Å². The van der Waals surface area contributed by atoms with Gasteiger partial charge in [-0.05, 0) is 24.5 Å². The second kappa shape index (κ2) is 6.09. The van der Waals surface area contributed by atoms with Gasteiger partial charge in [0.15, 0.2) is 0 Å². The number of hydrogen-bond acceptors (Lipinski definition) is 3. The van der Waals surface area contributed by atoms with E-state index in [0.717, 1.165) is 43.1 Å². The fourth-order valence-corrected chi connectivity index (χ4v) is 3.72. The number of nitrogens with zero attached hydrogens (tertiary/aromatic N) is 2. The molecule has 1 aromatic carbocycles. The van der Waals surface area contributed by atoms with Crippen LogP contribution in [0.2, 0.25) is 0 Å². The molecule has 4 rings (SSSR count). The molecule has 136 valence electrons. The van der Waals surface area contributed by atoms with Crippen LogP contribution in [0.15, 0.2) is 29.2 Å². The van der Waals surface area contributed by atoms with Gasteiger partial charge >= 0.3 is 0 Å². The van der Waals surface area contributed by atoms with Crippen molar-refractivity contribution in [2.45, 2.75) is 52.6 Å². The molecule has 0 unspecified atom stereocenters. The van der Waals surface area contributed by atoms with E-state index in [1.807, 2.05) is 0 Å². The predicted octanol–water partition coefficient (Wildman–Crippen LogP) is 3.42. The van der Waals surface area contributed by atoms with E-state index >= 15 is 0 Å². The largest absolute Gasteiger partial charge is 0.361 e. The smallest absolute Gasteiger partial charge is 0.254 e. The number of aryl methyl sites for hydroxylation is 1. The van der Waals surface area contributed by atoms with E-state index in [9.17, 15) is 4.79 Å². The third-order valence-electron chi connectivity index (χ3n) is 5.27. The topological polar surface area (TPSA) is 64.8 Å². The first-order valence-corrected chi connectivity index (χ1v) is 9.23. The number of H-pyrrole nitrogens is 2. The third-order valence-corrected chi connectivity index (χ3v) is 5.27. The number of rotatable bonds is 2.